The smallest absolute Gasteiger partial charge is 0.0975 e. The van der Waals surface area contributed by atoms with Crippen LogP contribution < -0.4 is 0 Å². The van der Waals surface area contributed by atoms with Crippen molar-refractivity contribution in [3.8, 4) is 5.69 Å². The number of para-hydroxylation sites is 1. The summed E-state index contributed by atoms with van der Waals surface area (Å²) in [5, 5.41) is 4.14. The van der Waals surface area contributed by atoms with Crippen LogP contribution in [0, 0.1) is 0 Å². The average molecular weight is 202 g/mol. The molecule has 0 N–H and O–H groups in total. The van der Waals surface area contributed by atoms with E-state index in [1.54, 1.807) is 17.1 Å². The van der Waals surface area contributed by atoms with Gasteiger partial charge in [-0.25, -0.2) is 9.07 Å². The molecule has 3 heteroatoms. The summed E-state index contributed by atoms with van der Waals surface area (Å²) >= 11 is 0. The summed E-state index contributed by atoms with van der Waals surface area (Å²) < 4.78 is 14.3. The van der Waals surface area contributed by atoms with Crippen LogP contribution in [-0.2, 0) is 0 Å². The highest BCUT2D eigenvalue weighted by Crippen LogP contribution is 2.10. The first-order valence-electron chi connectivity index (χ1n) is 4.69. The number of halogens is 1. The van der Waals surface area contributed by atoms with Crippen molar-refractivity contribution < 1.29 is 4.39 Å². The third-order valence-corrected chi connectivity index (χ3v) is 1.99. The van der Waals surface area contributed by atoms with E-state index in [2.05, 4.69) is 5.10 Å². The van der Waals surface area contributed by atoms with Crippen LogP contribution in [0.1, 0.15) is 12.5 Å². The van der Waals surface area contributed by atoms with Gasteiger partial charge in [-0.3, -0.25) is 0 Å². The summed E-state index contributed by atoms with van der Waals surface area (Å²) in [4.78, 5) is 0. The molecule has 0 radical (unpaired) electrons. The minimum Gasteiger partial charge on any atom is -0.240 e. The summed E-state index contributed by atoms with van der Waals surface area (Å²) in [6, 6.07) is 9.71. The second kappa shape index (κ2) is 4.09. The molecule has 0 amide bonds. The van der Waals surface area contributed by atoms with Crippen molar-refractivity contribution in [2.75, 3.05) is 0 Å². The highest BCUT2D eigenvalue weighted by molar-refractivity contribution is 5.49. The molecule has 0 fully saturated rings. The molecule has 1 aromatic carbocycles. The Hall–Kier alpha value is -1.90. The summed E-state index contributed by atoms with van der Waals surface area (Å²) in [5.74, 6) is -0.220. The zero-order valence-electron chi connectivity index (χ0n) is 8.39. The maximum Gasteiger partial charge on any atom is 0.0975 e. The predicted molar refractivity (Wildman–Crippen MR) is 58.3 cm³/mol. The number of benzene rings is 1. The molecule has 1 heterocycles. The van der Waals surface area contributed by atoms with Gasteiger partial charge in [0.1, 0.15) is 0 Å². The number of aromatic nitrogens is 2. The van der Waals surface area contributed by atoms with Gasteiger partial charge in [-0.05, 0) is 25.1 Å². The standard InChI is InChI=1S/C12H11FN2/c1-10(13)7-11-8-14-15(9-11)12-5-3-2-4-6-12/h2-9H,1H3/b10-7-. The van der Waals surface area contributed by atoms with Crippen molar-refractivity contribution >= 4 is 6.08 Å². The lowest BCUT2D eigenvalue weighted by molar-refractivity contribution is 0.648. The Kier molecular flexibility index (Phi) is 2.63. The minimum atomic E-state index is -0.220. The van der Waals surface area contributed by atoms with Crippen molar-refractivity contribution in [3.05, 3.63) is 54.1 Å². The van der Waals surface area contributed by atoms with E-state index in [1.807, 2.05) is 30.3 Å². The van der Waals surface area contributed by atoms with E-state index in [9.17, 15) is 4.39 Å². The SMILES string of the molecule is C/C(F)=C/c1cnn(-c2ccccc2)c1. The van der Waals surface area contributed by atoms with E-state index < -0.39 is 0 Å². The van der Waals surface area contributed by atoms with Crippen LogP contribution in [0.4, 0.5) is 4.39 Å². The first-order chi connectivity index (χ1) is 7.25. The monoisotopic (exact) mass is 202 g/mol. The summed E-state index contributed by atoms with van der Waals surface area (Å²) in [6.45, 7) is 1.42. The maximum absolute atomic E-state index is 12.6. The fourth-order valence-electron chi connectivity index (χ4n) is 1.36. The first kappa shape index (κ1) is 9.65. The Morgan fingerprint density at radius 3 is 2.73 bits per heavy atom. The number of hydrogen-bond donors (Lipinski definition) is 0. The Morgan fingerprint density at radius 2 is 2.07 bits per heavy atom. The molecule has 0 aliphatic heterocycles. The Balaban J connectivity index is 2.32. The average Bonchev–Trinajstić information content (AvgIpc) is 2.67. The second-order valence-electron chi connectivity index (χ2n) is 3.28. The van der Waals surface area contributed by atoms with E-state index in [0.29, 0.717) is 0 Å². The Morgan fingerprint density at radius 1 is 1.33 bits per heavy atom. The van der Waals surface area contributed by atoms with Crippen molar-refractivity contribution in [2.24, 2.45) is 0 Å². The molecule has 2 aromatic rings. The van der Waals surface area contributed by atoms with Crippen molar-refractivity contribution in [1.82, 2.24) is 9.78 Å². The molecule has 0 saturated heterocycles. The largest absolute Gasteiger partial charge is 0.240 e. The van der Waals surface area contributed by atoms with Crippen LogP contribution in [-0.4, -0.2) is 9.78 Å². The summed E-state index contributed by atoms with van der Waals surface area (Å²) in [5.41, 5.74) is 1.73. The van der Waals surface area contributed by atoms with Gasteiger partial charge >= 0.3 is 0 Å². The molecule has 0 saturated carbocycles. The van der Waals surface area contributed by atoms with Crippen LogP contribution in [0.15, 0.2) is 48.6 Å². The summed E-state index contributed by atoms with van der Waals surface area (Å²) in [6.07, 6.45) is 4.88. The lowest BCUT2D eigenvalue weighted by Gasteiger charge is -1.98. The molecule has 0 aliphatic carbocycles. The molecular weight excluding hydrogens is 191 g/mol. The van der Waals surface area contributed by atoms with Crippen LogP contribution in [0.2, 0.25) is 0 Å². The first-order valence-corrected chi connectivity index (χ1v) is 4.69. The van der Waals surface area contributed by atoms with Crippen LogP contribution in [0.25, 0.3) is 11.8 Å². The third kappa shape index (κ3) is 2.31. The third-order valence-electron chi connectivity index (χ3n) is 1.99. The second-order valence-corrected chi connectivity index (χ2v) is 3.28. The number of rotatable bonds is 2. The molecule has 1 aromatic heterocycles. The quantitative estimate of drug-likeness (QED) is 0.731. The van der Waals surface area contributed by atoms with E-state index >= 15 is 0 Å². The lowest BCUT2D eigenvalue weighted by atomic mass is 10.3. The van der Waals surface area contributed by atoms with Gasteiger partial charge in [0, 0.05) is 11.8 Å². The molecule has 2 nitrogen and oxygen atoms in total. The number of allylic oxidation sites excluding steroid dienone is 1. The van der Waals surface area contributed by atoms with Gasteiger partial charge in [0.25, 0.3) is 0 Å². The van der Waals surface area contributed by atoms with Crippen LogP contribution in [0.3, 0.4) is 0 Å². The van der Waals surface area contributed by atoms with Gasteiger partial charge in [0.15, 0.2) is 0 Å². The molecule has 15 heavy (non-hydrogen) atoms. The highest BCUT2D eigenvalue weighted by atomic mass is 19.1. The van der Waals surface area contributed by atoms with E-state index in [-0.39, 0.29) is 5.83 Å². The lowest BCUT2D eigenvalue weighted by Crippen LogP contribution is -1.92. The maximum atomic E-state index is 12.6. The topological polar surface area (TPSA) is 17.8 Å². The minimum absolute atomic E-state index is 0.220. The molecular formula is C12H11FN2. The Labute approximate surface area is 87.7 Å². The van der Waals surface area contributed by atoms with Gasteiger partial charge < -0.3 is 0 Å². The zero-order valence-corrected chi connectivity index (χ0v) is 8.39. The number of nitrogens with zero attached hydrogens (tertiary/aromatic N) is 2. The van der Waals surface area contributed by atoms with Crippen LogP contribution in [0.5, 0.6) is 0 Å². The van der Waals surface area contributed by atoms with Crippen molar-refractivity contribution in [3.63, 3.8) is 0 Å². The molecule has 0 bridgehead atoms. The molecule has 0 spiro atoms. The predicted octanol–water partition coefficient (Wildman–Crippen LogP) is 3.20. The van der Waals surface area contributed by atoms with Gasteiger partial charge in [-0.15, -0.1) is 0 Å². The van der Waals surface area contributed by atoms with Gasteiger partial charge in [0.05, 0.1) is 17.7 Å². The van der Waals surface area contributed by atoms with Crippen molar-refractivity contribution in [1.29, 1.82) is 0 Å². The molecule has 0 unspecified atom stereocenters. The normalized spacial score (nSPS) is 11.7. The molecule has 76 valence electrons. The summed E-state index contributed by atoms with van der Waals surface area (Å²) in [7, 11) is 0. The molecule has 0 atom stereocenters. The highest BCUT2D eigenvalue weighted by Gasteiger charge is 1.98. The van der Waals surface area contributed by atoms with E-state index in [1.165, 1.54) is 13.0 Å². The van der Waals surface area contributed by atoms with Crippen LogP contribution >= 0.6 is 0 Å². The fourth-order valence-corrected chi connectivity index (χ4v) is 1.36. The molecule has 2 rings (SSSR count). The van der Waals surface area contributed by atoms with Crippen molar-refractivity contribution in [2.45, 2.75) is 6.92 Å². The van der Waals surface area contributed by atoms with Gasteiger partial charge in [0.2, 0.25) is 0 Å². The zero-order chi connectivity index (χ0) is 10.7. The molecule has 0 aliphatic rings. The van der Waals surface area contributed by atoms with E-state index in [0.717, 1.165) is 11.3 Å². The fraction of sp³-hybridized carbons (Fsp3) is 0.0833. The van der Waals surface area contributed by atoms with E-state index in [4.69, 9.17) is 0 Å². The Bertz CT molecular complexity index is 467. The van der Waals surface area contributed by atoms with Gasteiger partial charge in [-0.1, -0.05) is 18.2 Å². The number of hydrogen-bond acceptors (Lipinski definition) is 1. The van der Waals surface area contributed by atoms with Gasteiger partial charge in [-0.2, -0.15) is 5.10 Å².